The predicted octanol–water partition coefficient (Wildman–Crippen LogP) is 1.84. The average Bonchev–Trinajstić information content (AvgIpc) is 2.29. The van der Waals surface area contributed by atoms with Crippen LogP contribution in [0.5, 0.6) is 5.75 Å². The molecule has 84 valence electrons. The number of terminal acetylenes is 1. The van der Waals surface area contributed by atoms with E-state index in [1.54, 1.807) is 19.1 Å². The summed E-state index contributed by atoms with van der Waals surface area (Å²) in [6.45, 7) is 3.67. The summed E-state index contributed by atoms with van der Waals surface area (Å²) in [5.41, 5.74) is 1.15. The molecule has 1 amide bonds. The standard InChI is InChI=1S/C13H15NO2/c1-4-11(5-2)14-13(16)10-7-6-9(3)12(15)8-10/h1,6-8,11,15H,5H2,2-3H3,(H,14,16). The summed E-state index contributed by atoms with van der Waals surface area (Å²) >= 11 is 0. The number of aromatic hydroxyl groups is 1. The van der Waals surface area contributed by atoms with Gasteiger partial charge in [-0.05, 0) is 31.0 Å². The van der Waals surface area contributed by atoms with Crippen molar-refractivity contribution in [2.45, 2.75) is 26.3 Å². The summed E-state index contributed by atoms with van der Waals surface area (Å²) in [6.07, 6.45) is 5.93. The second kappa shape index (κ2) is 5.22. The van der Waals surface area contributed by atoms with E-state index in [-0.39, 0.29) is 17.7 Å². The number of carbonyl (C=O) groups excluding carboxylic acids is 1. The van der Waals surface area contributed by atoms with Crippen LogP contribution in [0.15, 0.2) is 18.2 Å². The number of hydrogen-bond donors (Lipinski definition) is 2. The van der Waals surface area contributed by atoms with Crippen molar-refractivity contribution in [3.8, 4) is 18.1 Å². The van der Waals surface area contributed by atoms with E-state index >= 15 is 0 Å². The van der Waals surface area contributed by atoms with Gasteiger partial charge in [0.25, 0.3) is 5.91 Å². The number of nitrogens with one attached hydrogen (secondary N) is 1. The molecule has 1 aromatic carbocycles. The molecule has 0 aliphatic carbocycles. The number of amides is 1. The molecule has 1 rings (SSSR count). The maximum atomic E-state index is 11.7. The Bertz CT molecular complexity index is 432. The van der Waals surface area contributed by atoms with Gasteiger partial charge in [0.15, 0.2) is 0 Å². The van der Waals surface area contributed by atoms with Gasteiger partial charge in [-0.1, -0.05) is 18.9 Å². The van der Waals surface area contributed by atoms with E-state index in [4.69, 9.17) is 6.42 Å². The number of hydrogen-bond acceptors (Lipinski definition) is 2. The molecule has 2 N–H and O–H groups in total. The van der Waals surface area contributed by atoms with Crippen LogP contribution in [0.3, 0.4) is 0 Å². The third kappa shape index (κ3) is 2.77. The molecule has 0 saturated carbocycles. The zero-order chi connectivity index (χ0) is 12.1. The van der Waals surface area contributed by atoms with Crippen LogP contribution in [-0.2, 0) is 0 Å². The smallest absolute Gasteiger partial charge is 0.252 e. The Kier molecular flexibility index (Phi) is 3.96. The van der Waals surface area contributed by atoms with Gasteiger partial charge in [-0.3, -0.25) is 4.79 Å². The minimum Gasteiger partial charge on any atom is -0.508 e. The summed E-state index contributed by atoms with van der Waals surface area (Å²) in [5.74, 6) is 2.33. The van der Waals surface area contributed by atoms with E-state index < -0.39 is 0 Å². The first kappa shape index (κ1) is 12.1. The van der Waals surface area contributed by atoms with Crippen LogP contribution in [0, 0.1) is 19.3 Å². The summed E-state index contributed by atoms with van der Waals surface area (Å²) in [7, 11) is 0. The van der Waals surface area contributed by atoms with Crippen LogP contribution < -0.4 is 5.32 Å². The molecule has 0 aliphatic heterocycles. The normalized spacial score (nSPS) is 11.6. The molecule has 1 aromatic rings. The van der Waals surface area contributed by atoms with Gasteiger partial charge < -0.3 is 10.4 Å². The van der Waals surface area contributed by atoms with Crippen LogP contribution in [0.2, 0.25) is 0 Å². The van der Waals surface area contributed by atoms with Gasteiger partial charge in [0, 0.05) is 5.56 Å². The largest absolute Gasteiger partial charge is 0.508 e. The summed E-state index contributed by atoms with van der Waals surface area (Å²) in [5, 5.41) is 12.2. The summed E-state index contributed by atoms with van der Waals surface area (Å²) in [6, 6.07) is 4.53. The highest BCUT2D eigenvalue weighted by Crippen LogP contribution is 2.17. The second-order valence-corrected chi connectivity index (χ2v) is 3.60. The Morgan fingerprint density at radius 1 is 1.62 bits per heavy atom. The fourth-order valence-corrected chi connectivity index (χ4v) is 1.25. The van der Waals surface area contributed by atoms with Crippen LogP contribution in [0.25, 0.3) is 0 Å². The highest BCUT2D eigenvalue weighted by atomic mass is 16.3. The Balaban J connectivity index is 2.81. The average molecular weight is 217 g/mol. The van der Waals surface area contributed by atoms with E-state index in [1.165, 1.54) is 6.07 Å². The molecular weight excluding hydrogens is 202 g/mol. The SMILES string of the molecule is C#CC(CC)NC(=O)c1ccc(C)c(O)c1. The molecule has 16 heavy (non-hydrogen) atoms. The Morgan fingerprint density at radius 2 is 2.31 bits per heavy atom. The molecule has 0 spiro atoms. The minimum absolute atomic E-state index is 0.112. The van der Waals surface area contributed by atoms with E-state index in [9.17, 15) is 9.90 Å². The second-order valence-electron chi connectivity index (χ2n) is 3.60. The fourth-order valence-electron chi connectivity index (χ4n) is 1.25. The molecule has 0 heterocycles. The van der Waals surface area contributed by atoms with Crippen LogP contribution in [-0.4, -0.2) is 17.1 Å². The van der Waals surface area contributed by atoms with Gasteiger partial charge in [0.05, 0.1) is 6.04 Å². The molecule has 0 radical (unpaired) electrons. The first-order chi connectivity index (χ1) is 7.58. The molecule has 1 unspecified atom stereocenters. The van der Waals surface area contributed by atoms with E-state index in [1.807, 2.05) is 6.92 Å². The van der Waals surface area contributed by atoms with Crippen LogP contribution >= 0.6 is 0 Å². The Labute approximate surface area is 95.5 Å². The van der Waals surface area contributed by atoms with Crippen molar-refractivity contribution in [3.05, 3.63) is 29.3 Å². The topological polar surface area (TPSA) is 49.3 Å². The number of phenols is 1. The van der Waals surface area contributed by atoms with Gasteiger partial charge in [-0.25, -0.2) is 0 Å². The van der Waals surface area contributed by atoms with Crippen molar-refractivity contribution in [2.75, 3.05) is 0 Å². The lowest BCUT2D eigenvalue weighted by atomic mass is 10.1. The highest BCUT2D eigenvalue weighted by Gasteiger charge is 2.10. The minimum atomic E-state index is -0.268. The van der Waals surface area contributed by atoms with Gasteiger partial charge in [0.1, 0.15) is 5.75 Å². The lowest BCUT2D eigenvalue weighted by molar-refractivity contribution is 0.0944. The van der Waals surface area contributed by atoms with Gasteiger partial charge in [0.2, 0.25) is 0 Å². The zero-order valence-corrected chi connectivity index (χ0v) is 9.45. The quantitative estimate of drug-likeness (QED) is 0.759. The fraction of sp³-hybridized carbons (Fsp3) is 0.308. The summed E-state index contributed by atoms with van der Waals surface area (Å²) in [4.78, 5) is 11.7. The van der Waals surface area contributed by atoms with Crippen LogP contribution in [0.4, 0.5) is 0 Å². The van der Waals surface area contributed by atoms with Crippen molar-refractivity contribution in [1.82, 2.24) is 5.32 Å². The predicted molar refractivity (Wildman–Crippen MR) is 63.2 cm³/mol. The third-order valence-corrected chi connectivity index (χ3v) is 2.39. The van der Waals surface area contributed by atoms with Crippen molar-refractivity contribution in [2.24, 2.45) is 0 Å². The Hall–Kier alpha value is -1.95. The van der Waals surface area contributed by atoms with E-state index in [0.29, 0.717) is 12.0 Å². The van der Waals surface area contributed by atoms with Crippen molar-refractivity contribution < 1.29 is 9.90 Å². The van der Waals surface area contributed by atoms with Crippen molar-refractivity contribution in [3.63, 3.8) is 0 Å². The van der Waals surface area contributed by atoms with Gasteiger partial charge >= 0.3 is 0 Å². The Morgan fingerprint density at radius 3 is 2.81 bits per heavy atom. The lowest BCUT2D eigenvalue weighted by Gasteiger charge is -2.11. The third-order valence-electron chi connectivity index (χ3n) is 2.39. The molecule has 0 aromatic heterocycles. The zero-order valence-electron chi connectivity index (χ0n) is 9.45. The van der Waals surface area contributed by atoms with E-state index in [2.05, 4.69) is 11.2 Å². The first-order valence-electron chi connectivity index (χ1n) is 5.15. The number of rotatable bonds is 3. The molecule has 0 fully saturated rings. The highest BCUT2D eigenvalue weighted by molar-refractivity contribution is 5.95. The number of phenolic OH excluding ortho intramolecular Hbond substituents is 1. The molecule has 0 bridgehead atoms. The first-order valence-corrected chi connectivity index (χ1v) is 5.15. The monoisotopic (exact) mass is 217 g/mol. The van der Waals surface area contributed by atoms with Gasteiger partial charge in [-0.15, -0.1) is 6.42 Å². The lowest BCUT2D eigenvalue weighted by Crippen LogP contribution is -2.33. The summed E-state index contributed by atoms with van der Waals surface area (Å²) < 4.78 is 0. The molecule has 3 nitrogen and oxygen atoms in total. The molecule has 0 saturated heterocycles. The van der Waals surface area contributed by atoms with Crippen molar-refractivity contribution in [1.29, 1.82) is 0 Å². The number of benzene rings is 1. The molecular formula is C13H15NO2. The van der Waals surface area contributed by atoms with E-state index in [0.717, 1.165) is 5.56 Å². The maximum Gasteiger partial charge on any atom is 0.252 e. The van der Waals surface area contributed by atoms with Gasteiger partial charge in [-0.2, -0.15) is 0 Å². The number of aryl methyl sites for hydroxylation is 1. The van der Waals surface area contributed by atoms with Crippen LogP contribution in [0.1, 0.15) is 29.3 Å². The molecule has 0 aliphatic rings. The number of carbonyl (C=O) groups is 1. The molecule has 1 atom stereocenters. The maximum absolute atomic E-state index is 11.7. The molecule has 3 heteroatoms. The van der Waals surface area contributed by atoms with Crippen molar-refractivity contribution >= 4 is 5.91 Å².